The monoisotopic (exact) mass is 597 g/mol. The van der Waals surface area contributed by atoms with Gasteiger partial charge in [0.05, 0.1) is 18.0 Å². The van der Waals surface area contributed by atoms with E-state index in [0.717, 1.165) is 11.8 Å². The van der Waals surface area contributed by atoms with E-state index in [4.69, 9.17) is 14.2 Å². The minimum Gasteiger partial charge on any atom is -0.484 e. The van der Waals surface area contributed by atoms with Gasteiger partial charge in [0.1, 0.15) is 29.5 Å². The lowest BCUT2D eigenvalue weighted by Crippen LogP contribution is -2.69. The van der Waals surface area contributed by atoms with E-state index in [2.05, 4.69) is 5.32 Å². The quantitative estimate of drug-likeness (QED) is 0.112. The number of non-ortho nitro benzene ring substituents is 1. The zero-order valence-corrected chi connectivity index (χ0v) is 24.1. The number of nitrogens with one attached hydrogen (secondary N) is 1. The second-order valence-corrected chi connectivity index (χ2v) is 10.1. The van der Waals surface area contributed by atoms with Gasteiger partial charge < -0.3 is 19.5 Å². The fourth-order valence-corrected chi connectivity index (χ4v) is 4.87. The summed E-state index contributed by atoms with van der Waals surface area (Å²) in [6.07, 6.45) is 1.58. The number of hydrogen-bond donors (Lipinski definition) is 1. The summed E-state index contributed by atoms with van der Waals surface area (Å²) >= 11 is 1.14. The van der Waals surface area contributed by atoms with Crippen LogP contribution in [0.3, 0.4) is 0 Å². The summed E-state index contributed by atoms with van der Waals surface area (Å²) in [5.74, 6) is -1.76. The molecule has 0 radical (unpaired) electrons. The van der Waals surface area contributed by atoms with Crippen molar-refractivity contribution in [1.82, 2.24) is 10.2 Å². The number of nitrogens with zero attached hydrogens (tertiary/aromatic N) is 2. The molecule has 1 fully saturated rings. The fourth-order valence-electron chi connectivity index (χ4n) is 3.83. The number of hydrogen-bond acceptors (Lipinski definition) is 10. The summed E-state index contributed by atoms with van der Waals surface area (Å²) in [7, 11) is 0. The van der Waals surface area contributed by atoms with Gasteiger partial charge >= 0.3 is 11.9 Å². The molecule has 1 N–H and O–H groups in total. The van der Waals surface area contributed by atoms with Crippen LogP contribution in [0.1, 0.15) is 32.8 Å². The Bertz CT molecular complexity index is 1360. The van der Waals surface area contributed by atoms with E-state index >= 15 is 0 Å². The third kappa shape index (κ3) is 8.67. The number of carbonyl (C=O) groups is 4. The topological polar surface area (TPSA) is 154 Å². The first kappa shape index (κ1) is 31.9. The van der Waals surface area contributed by atoms with Crippen LogP contribution in [0.2, 0.25) is 0 Å². The zero-order chi connectivity index (χ0) is 30.6. The Labute approximate surface area is 246 Å². The van der Waals surface area contributed by atoms with Crippen molar-refractivity contribution in [2.45, 2.75) is 45.2 Å². The van der Waals surface area contributed by atoms with Crippen molar-refractivity contribution in [3.8, 4) is 5.75 Å². The van der Waals surface area contributed by atoms with Gasteiger partial charge in [-0.1, -0.05) is 24.3 Å². The van der Waals surface area contributed by atoms with E-state index < -0.39 is 40.1 Å². The number of nitro groups is 1. The number of likely N-dealkylation sites (tertiary alicyclic amines) is 1. The third-order valence-corrected chi connectivity index (χ3v) is 6.91. The van der Waals surface area contributed by atoms with Gasteiger partial charge in [0.15, 0.2) is 6.61 Å². The summed E-state index contributed by atoms with van der Waals surface area (Å²) in [6, 6.07) is 13.3. The summed E-state index contributed by atoms with van der Waals surface area (Å²) in [6.45, 7) is 4.74. The van der Waals surface area contributed by atoms with E-state index in [9.17, 15) is 29.3 Å². The van der Waals surface area contributed by atoms with Gasteiger partial charge in [0, 0.05) is 12.1 Å². The van der Waals surface area contributed by atoms with Crippen LogP contribution in [-0.4, -0.2) is 58.2 Å². The number of β-lactam (4-membered cyclic amide) rings is 1. The highest BCUT2D eigenvalue weighted by Crippen LogP contribution is 2.36. The van der Waals surface area contributed by atoms with Gasteiger partial charge in [-0.3, -0.25) is 29.4 Å². The first-order chi connectivity index (χ1) is 20.1. The maximum atomic E-state index is 13.3. The predicted octanol–water partition coefficient (Wildman–Crippen LogP) is 3.86. The number of carbonyl (C=O) groups excluding carboxylic acids is 4. The SMILES string of the molecule is CCOC(=O)CC=CSC1C(NC(=O)COc2ccccc2)C(=O)N1C(C(=O)OCc1ccc([N+](=O)[O-])cc1)=C(C)C. The maximum Gasteiger partial charge on any atom is 0.355 e. The van der Waals surface area contributed by atoms with Gasteiger partial charge in [-0.25, -0.2) is 4.79 Å². The number of thioether (sulfide) groups is 1. The van der Waals surface area contributed by atoms with Crippen molar-refractivity contribution >= 4 is 41.2 Å². The molecule has 2 aromatic rings. The lowest BCUT2D eigenvalue weighted by molar-refractivity contribution is -0.384. The maximum absolute atomic E-state index is 13.3. The molecule has 1 heterocycles. The molecule has 13 heteroatoms. The van der Waals surface area contributed by atoms with Crippen molar-refractivity contribution in [3.63, 3.8) is 0 Å². The average Bonchev–Trinajstić information content (AvgIpc) is 2.97. The van der Waals surface area contributed by atoms with Crippen LogP contribution in [0.5, 0.6) is 5.75 Å². The molecule has 1 aliphatic heterocycles. The fraction of sp³-hybridized carbons (Fsp3) is 0.310. The third-order valence-electron chi connectivity index (χ3n) is 5.80. The van der Waals surface area contributed by atoms with Gasteiger partial charge in [0.2, 0.25) is 0 Å². The van der Waals surface area contributed by atoms with Crippen molar-refractivity contribution in [2.75, 3.05) is 13.2 Å². The summed E-state index contributed by atoms with van der Waals surface area (Å²) in [4.78, 5) is 62.4. The van der Waals surface area contributed by atoms with Crippen LogP contribution < -0.4 is 10.1 Å². The van der Waals surface area contributed by atoms with E-state index in [-0.39, 0.29) is 37.6 Å². The van der Waals surface area contributed by atoms with Crippen LogP contribution in [-0.2, 0) is 35.3 Å². The second kappa shape index (κ2) is 15.4. The Morgan fingerprint density at radius 2 is 1.76 bits per heavy atom. The van der Waals surface area contributed by atoms with Crippen molar-refractivity contribution in [2.24, 2.45) is 0 Å². The standard InChI is InChI=1S/C29H31N3O9S/c1-4-39-24(34)11-8-16-42-28-25(30-23(33)18-40-22-9-6-5-7-10-22)27(35)31(28)26(19(2)3)29(36)41-17-20-12-14-21(15-13-20)32(37)38/h5-10,12-16,25,28H,4,11,17-18H2,1-3H3,(H,30,33). The highest BCUT2D eigenvalue weighted by molar-refractivity contribution is 8.02. The number of ether oxygens (including phenoxy) is 3. The lowest BCUT2D eigenvalue weighted by atomic mass is 10.0. The molecular formula is C29H31N3O9S. The Morgan fingerprint density at radius 3 is 2.38 bits per heavy atom. The number of nitro benzene ring substituents is 1. The molecule has 222 valence electrons. The van der Waals surface area contributed by atoms with Crippen molar-refractivity contribution in [3.05, 3.63) is 93.0 Å². The van der Waals surface area contributed by atoms with Gasteiger partial charge in [-0.2, -0.15) is 0 Å². The first-order valence-electron chi connectivity index (χ1n) is 13.0. The van der Waals surface area contributed by atoms with E-state index in [0.29, 0.717) is 16.9 Å². The molecule has 2 aromatic carbocycles. The van der Waals surface area contributed by atoms with Gasteiger partial charge in [-0.15, -0.1) is 11.8 Å². The molecule has 2 amide bonds. The molecule has 0 aromatic heterocycles. The molecule has 0 saturated carbocycles. The number of para-hydroxylation sites is 1. The molecule has 2 unspecified atom stereocenters. The van der Waals surface area contributed by atoms with Crippen LogP contribution >= 0.6 is 11.8 Å². The molecule has 0 aliphatic carbocycles. The Hall–Kier alpha value is -4.65. The Kier molecular flexibility index (Phi) is 11.7. The van der Waals surface area contributed by atoms with Crippen molar-refractivity contribution in [1.29, 1.82) is 0 Å². The van der Waals surface area contributed by atoms with Crippen molar-refractivity contribution < 1.29 is 38.3 Å². The largest absolute Gasteiger partial charge is 0.484 e. The average molecular weight is 598 g/mol. The number of amides is 2. The second-order valence-electron chi connectivity index (χ2n) is 9.11. The molecule has 12 nitrogen and oxygen atoms in total. The normalized spacial score (nSPS) is 15.9. The number of esters is 2. The predicted molar refractivity (Wildman–Crippen MR) is 154 cm³/mol. The molecule has 3 rings (SSSR count). The van der Waals surface area contributed by atoms with Crippen LogP contribution in [0, 0.1) is 10.1 Å². The summed E-state index contributed by atoms with van der Waals surface area (Å²) in [5, 5.41) is 14.4. The smallest absolute Gasteiger partial charge is 0.355 e. The minimum absolute atomic E-state index is 0.00392. The van der Waals surface area contributed by atoms with Gasteiger partial charge in [-0.05, 0) is 61.6 Å². The van der Waals surface area contributed by atoms with Crippen LogP contribution in [0.4, 0.5) is 5.69 Å². The number of rotatable bonds is 14. The molecule has 0 spiro atoms. The minimum atomic E-state index is -0.981. The summed E-state index contributed by atoms with van der Waals surface area (Å²) < 4.78 is 15.8. The highest BCUT2D eigenvalue weighted by atomic mass is 32.2. The Balaban J connectivity index is 1.72. The van der Waals surface area contributed by atoms with Crippen LogP contribution in [0.15, 0.2) is 77.4 Å². The number of allylic oxidation sites excluding steroid dienone is 1. The Morgan fingerprint density at radius 1 is 1.07 bits per heavy atom. The first-order valence-corrected chi connectivity index (χ1v) is 13.9. The molecule has 1 aliphatic rings. The zero-order valence-electron chi connectivity index (χ0n) is 23.3. The van der Waals surface area contributed by atoms with E-state index in [1.165, 1.54) is 29.2 Å². The molecule has 2 atom stereocenters. The van der Waals surface area contributed by atoms with Crippen LogP contribution in [0.25, 0.3) is 0 Å². The highest BCUT2D eigenvalue weighted by Gasteiger charge is 2.51. The van der Waals surface area contributed by atoms with E-state index in [1.807, 2.05) is 6.07 Å². The lowest BCUT2D eigenvalue weighted by Gasteiger charge is -2.46. The summed E-state index contributed by atoms with van der Waals surface area (Å²) in [5.41, 5.74) is 0.923. The molecule has 42 heavy (non-hydrogen) atoms. The number of benzene rings is 2. The van der Waals surface area contributed by atoms with Gasteiger partial charge in [0.25, 0.3) is 17.5 Å². The molecule has 1 saturated heterocycles. The van der Waals surface area contributed by atoms with E-state index in [1.54, 1.807) is 56.5 Å². The molecular weight excluding hydrogens is 566 g/mol. The molecule has 0 bridgehead atoms.